The fourth-order valence-electron chi connectivity index (χ4n) is 3.03. The second kappa shape index (κ2) is 8.97. The van der Waals surface area contributed by atoms with Crippen molar-refractivity contribution in [1.29, 1.82) is 0 Å². The third-order valence-corrected chi connectivity index (χ3v) is 4.50. The van der Waals surface area contributed by atoms with Gasteiger partial charge in [0.25, 0.3) is 5.91 Å². The molecule has 0 atom stereocenters. The van der Waals surface area contributed by atoms with E-state index in [4.69, 9.17) is 0 Å². The average molecular weight is 385 g/mol. The monoisotopic (exact) mass is 385 g/mol. The van der Waals surface area contributed by atoms with Crippen LogP contribution in [-0.4, -0.2) is 16.8 Å². The van der Waals surface area contributed by atoms with E-state index in [1.54, 1.807) is 31.5 Å². The molecule has 5 nitrogen and oxygen atoms in total. The predicted octanol–water partition coefficient (Wildman–Crippen LogP) is 5.13. The third-order valence-electron chi connectivity index (χ3n) is 4.50. The van der Waals surface area contributed by atoms with Crippen molar-refractivity contribution >= 4 is 23.2 Å². The number of rotatable bonds is 5. The number of carbonyl (C=O) groups excluding carboxylic acids is 2. The maximum absolute atomic E-state index is 12.8. The smallest absolute Gasteiger partial charge is 0.257 e. The molecule has 5 heteroatoms. The van der Waals surface area contributed by atoms with Gasteiger partial charge in [0, 0.05) is 29.3 Å². The first-order valence-electron chi connectivity index (χ1n) is 9.34. The van der Waals surface area contributed by atoms with E-state index < -0.39 is 0 Å². The zero-order valence-electron chi connectivity index (χ0n) is 16.7. The second-order valence-electron chi connectivity index (χ2n) is 6.75. The lowest BCUT2D eigenvalue weighted by Gasteiger charge is -2.12. The van der Waals surface area contributed by atoms with Gasteiger partial charge in [0.05, 0.1) is 5.56 Å². The van der Waals surface area contributed by atoms with Crippen molar-refractivity contribution in [2.45, 2.75) is 20.8 Å². The van der Waals surface area contributed by atoms with E-state index >= 15 is 0 Å². The fraction of sp³-hybridized carbons (Fsp3) is 0.125. The zero-order chi connectivity index (χ0) is 20.8. The SMILES string of the molecule is C/C=C/C(=O)Nc1cccc(-c2cncc(C(=O)Nc3c(C)cccc3C)c2)c1. The molecule has 0 saturated heterocycles. The van der Waals surface area contributed by atoms with Crippen LogP contribution in [0.25, 0.3) is 11.1 Å². The molecule has 2 amide bonds. The Morgan fingerprint density at radius 2 is 1.62 bits per heavy atom. The number of hydrogen-bond acceptors (Lipinski definition) is 3. The van der Waals surface area contributed by atoms with Gasteiger partial charge < -0.3 is 10.6 Å². The van der Waals surface area contributed by atoms with Crippen LogP contribution in [0.5, 0.6) is 0 Å². The van der Waals surface area contributed by atoms with Crippen LogP contribution < -0.4 is 10.6 Å². The Morgan fingerprint density at radius 3 is 2.34 bits per heavy atom. The van der Waals surface area contributed by atoms with Crippen LogP contribution in [0, 0.1) is 13.8 Å². The quantitative estimate of drug-likeness (QED) is 0.598. The van der Waals surface area contributed by atoms with Gasteiger partial charge in [0.1, 0.15) is 0 Å². The molecule has 1 heterocycles. The summed E-state index contributed by atoms with van der Waals surface area (Å²) in [5.41, 5.74) is 5.62. The summed E-state index contributed by atoms with van der Waals surface area (Å²) in [7, 11) is 0. The summed E-state index contributed by atoms with van der Waals surface area (Å²) in [5.74, 6) is -0.404. The molecule has 146 valence electrons. The molecule has 2 aromatic carbocycles. The van der Waals surface area contributed by atoms with Gasteiger partial charge in [-0.25, -0.2) is 0 Å². The Bertz CT molecular complexity index is 1070. The van der Waals surface area contributed by atoms with Crippen LogP contribution >= 0.6 is 0 Å². The number of nitrogens with one attached hydrogen (secondary N) is 2. The van der Waals surface area contributed by atoms with Crippen molar-refractivity contribution in [1.82, 2.24) is 4.98 Å². The minimum absolute atomic E-state index is 0.190. The van der Waals surface area contributed by atoms with Crippen molar-refractivity contribution in [3.63, 3.8) is 0 Å². The number of hydrogen-bond donors (Lipinski definition) is 2. The van der Waals surface area contributed by atoms with Gasteiger partial charge in [-0.05, 0) is 61.7 Å². The van der Waals surface area contributed by atoms with Crippen molar-refractivity contribution < 1.29 is 9.59 Å². The highest BCUT2D eigenvalue weighted by Gasteiger charge is 2.11. The molecule has 29 heavy (non-hydrogen) atoms. The number of aromatic nitrogens is 1. The largest absolute Gasteiger partial charge is 0.323 e. The number of anilines is 2. The standard InChI is InChI=1S/C24H23N3O2/c1-4-7-22(28)26-21-11-6-10-18(13-21)19-12-20(15-25-14-19)24(29)27-23-16(2)8-5-9-17(23)3/h4-15H,1-3H3,(H,26,28)(H,27,29)/b7-4+. The summed E-state index contributed by atoms with van der Waals surface area (Å²) in [6, 6.07) is 15.1. The zero-order valence-corrected chi connectivity index (χ0v) is 16.7. The summed E-state index contributed by atoms with van der Waals surface area (Å²) in [6.07, 6.45) is 6.39. The normalized spacial score (nSPS) is 10.7. The molecule has 0 fully saturated rings. The molecule has 0 aliphatic carbocycles. The summed E-state index contributed by atoms with van der Waals surface area (Å²) >= 11 is 0. The van der Waals surface area contributed by atoms with Crippen LogP contribution in [0.1, 0.15) is 28.4 Å². The summed E-state index contributed by atoms with van der Waals surface area (Å²) in [6.45, 7) is 5.71. The lowest BCUT2D eigenvalue weighted by Crippen LogP contribution is -2.14. The highest BCUT2D eigenvalue weighted by molar-refractivity contribution is 6.05. The molecule has 0 bridgehead atoms. The lowest BCUT2D eigenvalue weighted by molar-refractivity contribution is -0.111. The topological polar surface area (TPSA) is 71.1 Å². The van der Waals surface area contributed by atoms with Gasteiger partial charge >= 0.3 is 0 Å². The third kappa shape index (κ3) is 4.96. The van der Waals surface area contributed by atoms with Crippen LogP contribution in [0.4, 0.5) is 11.4 Å². The van der Waals surface area contributed by atoms with E-state index in [9.17, 15) is 9.59 Å². The van der Waals surface area contributed by atoms with Crippen LogP contribution in [0.3, 0.4) is 0 Å². The van der Waals surface area contributed by atoms with Crippen molar-refractivity contribution in [2.24, 2.45) is 0 Å². The number of pyridine rings is 1. The van der Waals surface area contributed by atoms with E-state index in [0.717, 1.165) is 27.9 Å². The molecule has 3 aromatic rings. The molecular weight excluding hydrogens is 362 g/mol. The summed E-state index contributed by atoms with van der Waals surface area (Å²) < 4.78 is 0. The highest BCUT2D eigenvalue weighted by Crippen LogP contribution is 2.24. The summed E-state index contributed by atoms with van der Waals surface area (Å²) in [5, 5.41) is 5.79. The molecule has 0 spiro atoms. The van der Waals surface area contributed by atoms with E-state index in [0.29, 0.717) is 11.3 Å². The molecule has 0 aliphatic rings. The van der Waals surface area contributed by atoms with Crippen molar-refractivity contribution in [2.75, 3.05) is 10.6 Å². The van der Waals surface area contributed by atoms with Gasteiger partial charge in [-0.1, -0.05) is 36.4 Å². The fourth-order valence-corrected chi connectivity index (χ4v) is 3.03. The first-order chi connectivity index (χ1) is 14.0. The number of benzene rings is 2. The first kappa shape index (κ1) is 20.0. The Hall–Kier alpha value is -3.73. The van der Waals surface area contributed by atoms with Crippen molar-refractivity contribution in [3.8, 4) is 11.1 Å². The van der Waals surface area contributed by atoms with E-state index in [2.05, 4.69) is 15.6 Å². The van der Waals surface area contributed by atoms with Gasteiger partial charge in [0.15, 0.2) is 0 Å². The molecule has 0 aliphatic heterocycles. The van der Waals surface area contributed by atoms with Gasteiger partial charge in [-0.15, -0.1) is 0 Å². The van der Waals surface area contributed by atoms with E-state index in [1.807, 2.05) is 56.3 Å². The molecule has 2 N–H and O–H groups in total. The predicted molar refractivity (Wildman–Crippen MR) is 117 cm³/mol. The number of amides is 2. The average Bonchev–Trinajstić information content (AvgIpc) is 2.71. The van der Waals surface area contributed by atoms with Crippen LogP contribution in [-0.2, 0) is 4.79 Å². The van der Waals surface area contributed by atoms with Gasteiger partial charge in [0.2, 0.25) is 5.91 Å². The maximum atomic E-state index is 12.8. The Labute approximate surface area is 170 Å². The minimum Gasteiger partial charge on any atom is -0.323 e. The second-order valence-corrected chi connectivity index (χ2v) is 6.75. The molecule has 0 saturated carbocycles. The molecule has 0 radical (unpaired) electrons. The minimum atomic E-state index is -0.214. The number of carbonyl (C=O) groups is 2. The molecule has 0 unspecified atom stereocenters. The van der Waals surface area contributed by atoms with Gasteiger partial charge in [-0.3, -0.25) is 14.6 Å². The Morgan fingerprint density at radius 1 is 0.897 bits per heavy atom. The number of aryl methyl sites for hydroxylation is 2. The Balaban J connectivity index is 1.84. The molecular formula is C24H23N3O2. The van der Waals surface area contributed by atoms with Crippen LogP contribution in [0.15, 0.2) is 73.1 Å². The van der Waals surface area contributed by atoms with E-state index in [1.165, 1.54) is 6.08 Å². The number of para-hydroxylation sites is 1. The Kier molecular flexibility index (Phi) is 6.19. The van der Waals surface area contributed by atoms with Crippen molar-refractivity contribution in [3.05, 3.63) is 89.8 Å². The highest BCUT2D eigenvalue weighted by atomic mass is 16.2. The first-order valence-corrected chi connectivity index (χ1v) is 9.34. The van der Waals surface area contributed by atoms with Crippen LogP contribution in [0.2, 0.25) is 0 Å². The lowest BCUT2D eigenvalue weighted by atomic mass is 10.0. The number of nitrogens with zero attached hydrogens (tertiary/aromatic N) is 1. The molecule has 3 rings (SSSR count). The van der Waals surface area contributed by atoms with E-state index in [-0.39, 0.29) is 11.8 Å². The maximum Gasteiger partial charge on any atom is 0.257 e. The summed E-state index contributed by atoms with van der Waals surface area (Å²) in [4.78, 5) is 28.8. The van der Waals surface area contributed by atoms with Gasteiger partial charge in [-0.2, -0.15) is 0 Å². The number of allylic oxidation sites excluding steroid dienone is 1. The molecule has 1 aromatic heterocycles.